The van der Waals surface area contributed by atoms with Crippen LogP contribution in [0.25, 0.3) is 0 Å². The van der Waals surface area contributed by atoms with Gasteiger partial charge in [0.05, 0.1) is 6.61 Å². The van der Waals surface area contributed by atoms with Crippen LogP contribution in [-0.2, 0) is 13.0 Å². The number of hydrogen-bond donors (Lipinski definition) is 2. The van der Waals surface area contributed by atoms with E-state index in [1.54, 1.807) is 0 Å². The Morgan fingerprint density at radius 1 is 1.19 bits per heavy atom. The molecule has 1 aromatic rings. The minimum Gasteiger partial charge on any atom is -0.398 e. The number of anilines is 1. The molecule has 1 heterocycles. The average molecular weight is 220 g/mol. The highest BCUT2D eigenvalue weighted by atomic mass is 16.3. The molecule has 3 N–H and O–H groups in total. The van der Waals surface area contributed by atoms with Gasteiger partial charge in [-0.25, -0.2) is 0 Å². The van der Waals surface area contributed by atoms with Gasteiger partial charge < -0.3 is 15.7 Å². The van der Waals surface area contributed by atoms with Gasteiger partial charge in [0, 0.05) is 17.8 Å². The molecule has 3 nitrogen and oxygen atoms in total. The smallest absolute Gasteiger partial charge is 0.0702 e. The molecule has 0 spiro atoms. The predicted molar refractivity (Wildman–Crippen MR) is 66.2 cm³/mol. The highest BCUT2D eigenvalue weighted by Crippen LogP contribution is 2.19. The molecule has 0 aliphatic carbocycles. The Morgan fingerprint density at radius 3 is 2.56 bits per heavy atom. The van der Waals surface area contributed by atoms with Gasteiger partial charge in [-0.15, -0.1) is 0 Å². The molecular formula is C13H20N2O. The molecule has 0 unspecified atom stereocenters. The van der Waals surface area contributed by atoms with Crippen LogP contribution in [0, 0.1) is 0 Å². The van der Waals surface area contributed by atoms with Crippen molar-refractivity contribution in [2.24, 2.45) is 0 Å². The number of nitrogen functional groups attached to an aromatic ring is 1. The fourth-order valence-corrected chi connectivity index (χ4v) is 2.31. The molecule has 0 amide bonds. The molecule has 88 valence electrons. The Bertz CT molecular complexity index is 346. The molecule has 0 saturated carbocycles. The van der Waals surface area contributed by atoms with Crippen LogP contribution in [0.3, 0.4) is 0 Å². The van der Waals surface area contributed by atoms with E-state index < -0.39 is 0 Å². The van der Waals surface area contributed by atoms with E-state index in [9.17, 15) is 0 Å². The number of aliphatic hydroxyl groups excluding tert-OH is 1. The van der Waals surface area contributed by atoms with Crippen LogP contribution >= 0.6 is 0 Å². The zero-order valence-electron chi connectivity index (χ0n) is 9.65. The van der Waals surface area contributed by atoms with Gasteiger partial charge >= 0.3 is 0 Å². The van der Waals surface area contributed by atoms with Gasteiger partial charge in [0.25, 0.3) is 0 Å². The standard InChI is InChI=1S/C13H20N2O/c14-13-11(4-3-5-12(13)10-16)6-9-15-7-1-2-8-15/h3-5,16H,1-2,6-10,14H2. The summed E-state index contributed by atoms with van der Waals surface area (Å²) in [6.45, 7) is 3.56. The van der Waals surface area contributed by atoms with Gasteiger partial charge in [-0.3, -0.25) is 0 Å². The minimum absolute atomic E-state index is 0.0311. The Kier molecular flexibility index (Phi) is 3.80. The zero-order valence-corrected chi connectivity index (χ0v) is 9.65. The molecule has 0 aromatic heterocycles. The highest BCUT2D eigenvalue weighted by Gasteiger charge is 2.12. The van der Waals surface area contributed by atoms with Crippen molar-refractivity contribution in [2.75, 3.05) is 25.4 Å². The third-order valence-electron chi connectivity index (χ3n) is 3.35. The Morgan fingerprint density at radius 2 is 1.88 bits per heavy atom. The van der Waals surface area contributed by atoms with Gasteiger partial charge in [-0.2, -0.15) is 0 Å². The topological polar surface area (TPSA) is 49.5 Å². The molecule has 0 atom stereocenters. The van der Waals surface area contributed by atoms with Gasteiger partial charge in [0.2, 0.25) is 0 Å². The van der Waals surface area contributed by atoms with Crippen molar-refractivity contribution in [2.45, 2.75) is 25.9 Å². The molecule has 1 fully saturated rings. The Hall–Kier alpha value is -1.06. The molecule has 0 radical (unpaired) electrons. The van der Waals surface area contributed by atoms with E-state index in [4.69, 9.17) is 10.8 Å². The predicted octanol–water partition coefficient (Wildman–Crippen LogP) is 1.40. The number of likely N-dealkylation sites (tertiary alicyclic amines) is 1. The van der Waals surface area contributed by atoms with Crippen LogP contribution in [0.4, 0.5) is 5.69 Å². The zero-order chi connectivity index (χ0) is 11.4. The van der Waals surface area contributed by atoms with Gasteiger partial charge in [-0.05, 0) is 37.9 Å². The number of hydrogen-bond acceptors (Lipinski definition) is 3. The van der Waals surface area contributed by atoms with Crippen molar-refractivity contribution < 1.29 is 5.11 Å². The van der Waals surface area contributed by atoms with Gasteiger partial charge in [0.15, 0.2) is 0 Å². The summed E-state index contributed by atoms with van der Waals surface area (Å²) in [6, 6.07) is 5.92. The van der Waals surface area contributed by atoms with Crippen molar-refractivity contribution in [3.05, 3.63) is 29.3 Å². The number of nitrogens with two attached hydrogens (primary N) is 1. The average Bonchev–Trinajstić information content (AvgIpc) is 2.81. The number of para-hydroxylation sites is 1. The van der Waals surface area contributed by atoms with Crippen LogP contribution in [0.1, 0.15) is 24.0 Å². The summed E-state index contributed by atoms with van der Waals surface area (Å²) in [7, 11) is 0. The first-order valence-electron chi connectivity index (χ1n) is 6.00. The fraction of sp³-hybridized carbons (Fsp3) is 0.538. The van der Waals surface area contributed by atoms with E-state index in [1.807, 2.05) is 12.1 Å². The summed E-state index contributed by atoms with van der Waals surface area (Å²) in [6.07, 6.45) is 3.64. The molecule has 3 heteroatoms. The molecule has 1 aliphatic heterocycles. The number of nitrogens with zero attached hydrogens (tertiary/aromatic N) is 1. The molecule has 1 aliphatic rings. The lowest BCUT2D eigenvalue weighted by Gasteiger charge is -2.16. The largest absolute Gasteiger partial charge is 0.398 e. The summed E-state index contributed by atoms with van der Waals surface area (Å²) in [5, 5.41) is 9.13. The second-order valence-corrected chi connectivity index (χ2v) is 4.45. The Labute approximate surface area is 96.9 Å². The first kappa shape index (κ1) is 11.4. The van der Waals surface area contributed by atoms with Crippen molar-refractivity contribution in [3.8, 4) is 0 Å². The van der Waals surface area contributed by atoms with E-state index in [0.717, 1.165) is 24.2 Å². The Balaban J connectivity index is 1.97. The van der Waals surface area contributed by atoms with E-state index in [0.29, 0.717) is 0 Å². The number of aliphatic hydroxyl groups is 1. The van der Waals surface area contributed by atoms with Gasteiger partial charge in [0.1, 0.15) is 0 Å². The van der Waals surface area contributed by atoms with Crippen LogP contribution in [0.2, 0.25) is 0 Å². The number of benzene rings is 1. The first-order valence-corrected chi connectivity index (χ1v) is 6.00. The van der Waals surface area contributed by atoms with Crippen LogP contribution in [0.5, 0.6) is 0 Å². The maximum Gasteiger partial charge on any atom is 0.0702 e. The van der Waals surface area contributed by atoms with Crippen molar-refractivity contribution in [1.82, 2.24) is 4.90 Å². The summed E-state index contributed by atoms with van der Waals surface area (Å²) in [4.78, 5) is 2.48. The molecule has 1 saturated heterocycles. The monoisotopic (exact) mass is 220 g/mol. The maximum atomic E-state index is 9.13. The second kappa shape index (κ2) is 5.32. The first-order chi connectivity index (χ1) is 7.81. The van der Waals surface area contributed by atoms with Crippen LogP contribution in [0.15, 0.2) is 18.2 Å². The summed E-state index contributed by atoms with van der Waals surface area (Å²) < 4.78 is 0. The van der Waals surface area contributed by atoms with Crippen LogP contribution in [-0.4, -0.2) is 29.6 Å². The highest BCUT2D eigenvalue weighted by molar-refractivity contribution is 5.53. The van der Waals surface area contributed by atoms with Crippen molar-refractivity contribution in [1.29, 1.82) is 0 Å². The molecule has 1 aromatic carbocycles. The summed E-state index contributed by atoms with van der Waals surface area (Å²) in [5.41, 5.74) is 8.78. The van der Waals surface area contributed by atoms with Crippen molar-refractivity contribution in [3.63, 3.8) is 0 Å². The van der Waals surface area contributed by atoms with E-state index in [1.165, 1.54) is 31.5 Å². The minimum atomic E-state index is 0.0311. The fourth-order valence-electron chi connectivity index (χ4n) is 2.31. The molecule has 2 rings (SSSR count). The number of rotatable bonds is 4. The lowest BCUT2D eigenvalue weighted by molar-refractivity contribution is 0.282. The lowest BCUT2D eigenvalue weighted by Crippen LogP contribution is -2.22. The third kappa shape index (κ3) is 2.54. The van der Waals surface area contributed by atoms with Crippen LogP contribution < -0.4 is 5.73 Å². The summed E-state index contributed by atoms with van der Waals surface area (Å²) in [5.74, 6) is 0. The maximum absolute atomic E-state index is 9.13. The molecule has 16 heavy (non-hydrogen) atoms. The molecular weight excluding hydrogens is 200 g/mol. The third-order valence-corrected chi connectivity index (χ3v) is 3.35. The quantitative estimate of drug-likeness (QED) is 0.754. The normalized spacial score (nSPS) is 16.8. The van der Waals surface area contributed by atoms with E-state index in [-0.39, 0.29) is 6.61 Å². The van der Waals surface area contributed by atoms with E-state index >= 15 is 0 Å². The lowest BCUT2D eigenvalue weighted by atomic mass is 10.1. The SMILES string of the molecule is Nc1c(CO)cccc1CCN1CCCC1. The second-order valence-electron chi connectivity index (χ2n) is 4.45. The summed E-state index contributed by atoms with van der Waals surface area (Å²) >= 11 is 0. The van der Waals surface area contributed by atoms with E-state index in [2.05, 4.69) is 11.0 Å². The van der Waals surface area contributed by atoms with Crippen molar-refractivity contribution >= 4 is 5.69 Å². The van der Waals surface area contributed by atoms with Gasteiger partial charge in [-0.1, -0.05) is 18.2 Å². The molecule has 0 bridgehead atoms.